The van der Waals surface area contributed by atoms with Crippen LogP contribution in [0.3, 0.4) is 0 Å². The number of hydrogen-bond acceptors (Lipinski definition) is 5. The van der Waals surface area contributed by atoms with Crippen LogP contribution >= 0.6 is 0 Å². The first-order chi connectivity index (χ1) is 13.3. The van der Waals surface area contributed by atoms with Gasteiger partial charge < -0.3 is 24.0 Å². The SMILES string of the molecule is CN1CCN(CCCc2ccccc2OCc2ccc3c(c2)OCO3)CC1. The molecule has 0 atom stereocenters. The quantitative estimate of drug-likeness (QED) is 0.750. The van der Waals surface area contributed by atoms with Crippen molar-refractivity contribution in [1.82, 2.24) is 9.80 Å². The van der Waals surface area contributed by atoms with Gasteiger partial charge in [-0.1, -0.05) is 24.3 Å². The molecule has 0 bridgehead atoms. The molecule has 2 aromatic carbocycles. The molecule has 2 aliphatic rings. The highest BCUT2D eigenvalue weighted by atomic mass is 16.7. The highest BCUT2D eigenvalue weighted by molar-refractivity contribution is 5.44. The molecule has 2 aromatic rings. The van der Waals surface area contributed by atoms with Crippen molar-refractivity contribution in [3.05, 3.63) is 53.6 Å². The van der Waals surface area contributed by atoms with Crippen molar-refractivity contribution >= 4 is 0 Å². The molecule has 0 saturated carbocycles. The summed E-state index contributed by atoms with van der Waals surface area (Å²) in [6.45, 7) is 6.70. The number of para-hydroxylation sites is 1. The van der Waals surface area contributed by atoms with Gasteiger partial charge >= 0.3 is 0 Å². The van der Waals surface area contributed by atoms with Crippen LogP contribution in [-0.2, 0) is 13.0 Å². The van der Waals surface area contributed by atoms with E-state index in [1.54, 1.807) is 0 Å². The average Bonchev–Trinajstić information content (AvgIpc) is 3.16. The van der Waals surface area contributed by atoms with Crippen molar-refractivity contribution in [2.24, 2.45) is 0 Å². The second-order valence-corrected chi connectivity index (χ2v) is 7.33. The minimum atomic E-state index is 0.301. The van der Waals surface area contributed by atoms with Gasteiger partial charge in [-0.2, -0.15) is 0 Å². The summed E-state index contributed by atoms with van der Waals surface area (Å²) in [6.07, 6.45) is 2.21. The summed E-state index contributed by atoms with van der Waals surface area (Å²) in [5, 5.41) is 0. The van der Waals surface area contributed by atoms with Crippen LogP contribution < -0.4 is 14.2 Å². The highest BCUT2D eigenvalue weighted by Gasteiger charge is 2.15. The molecule has 0 radical (unpaired) electrons. The Balaban J connectivity index is 1.30. The summed E-state index contributed by atoms with van der Waals surface area (Å²) < 4.78 is 16.9. The lowest BCUT2D eigenvalue weighted by atomic mass is 10.1. The van der Waals surface area contributed by atoms with Crippen LogP contribution in [0, 0.1) is 0 Å². The molecule has 0 aliphatic carbocycles. The van der Waals surface area contributed by atoms with Crippen molar-refractivity contribution in [3.63, 3.8) is 0 Å². The van der Waals surface area contributed by atoms with Gasteiger partial charge in [-0.15, -0.1) is 0 Å². The molecular weight excluding hydrogens is 340 g/mol. The number of benzene rings is 2. The number of piperazine rings is 1. The Kier molecular flexibility index (Phi) is 5.80. The summed E-state index contributed by atoms with van der Waals surface area (Å²) in [7, 11) is 2.20. The Hall–Kier alpha value is -2.24. The lowest BCUT2D eigenvalue weighted by molar-refractivity contribution is 0.153. The summed E-state index contributed by atoms with van der Waals surface area (Å²) >= 11 is 0. The van der Waals surface area contributed by atoms with Crippen LogP contribution in [0.2, 0.25) is 0 Å². The molecule has 4 rings (SSSR count). The molecule has 0 N–H and O–H groups in total. The first kappa shape index (κ1) is 18.1. The summed E-state index contributed by atoms with van der Waals surface area (Å²) in [4.78, 5) is 4.96. The molecule has 0 aromatic heterocycles. The van der Waals surface area contributed by atoms with Gasteiger partial charge in [0.2, 0.25) is 6.79 Å². The predicted molar refractivity (Wildman–Crippen MR) is 106 cm³/mol. The maximum atomic E-state index is 6.12. The van der Waals surface area contributed by atoms with E-state index in [0.717, 1.165) is 42.2 Å². The lowest BCUT2D eigenvalue weighted by Crippen LogP contribution is -2.44. The Bertz CT molecular complexity index is 757. The van der Waals surface area contributed by atoms with Crippen LogP contribution in [0.25, 0.3) is 0 Å². The van der Waals surface area contributed by atoms with Gasteiger partial charge in [-0.25, -0.2) is 0 Å². The Morgan fingerprint density at radius 2 is 1.78 bits per heavy atom. The lowest BCUT2D eigenvalue weighted by Gasteiger charge is -2.32. The van der Waals surface area contributed by atoms with Gasteiger partial charge in [0.25, 0.3) is 0 Å². The Morgan fingerprint density at radius 1 is 0.963 bits per heavy atom. The summed E-state index contributed by atoms with van der Waals surface area (Å²) in [6, 6.07) is 14.4. The highest BCUT2D eigenvalue weighted by Crippen LogP contribution is 2.33. The third-order valence-electron chi connectivity index (χ3n) is 5.32. The van der Waals surface area contributed by atoms with Gasteiger partial charge in [0.1, 0.15) is 12.4 Å². The number of aryl methyl sites for hydroxylation is 1. The van der Waals surface area contributed by atoms with Gasteiger partial charge in [-0.3, -0.25) is 0 Å². The number of rotatable bonds is 7. The number of nitrogens with zero attached hydrogens (tertiary/aromatic N) is 2. The van der Waals surface area contributed by atoms with E-state index < -0.39 is 0 Å². The summed E-state index contributed by atoms with van der Waals surface area (Å²) in [5.41, 5.74) is 2.37. The first-order valence-electron chi connectivity index (χ1n) is 9.78. The van der Waals surface area contributed by atoms with Crippen molar-refractivity contribution in [2.45, 2.75) is 19.4 Å². The van der Waals surface area contributed by atoms with E-state index >= 15 is 0 Å². The summed E-state index contributed by atoms with van der Waals surface area (Å²) in [5.74, 6) is 2.59. The molecule has 1 fully saturated rings. The molecule has 27 heavy (non-hydrogen) atoms. The fourth-order valence-corrected chi connectivity index (χ4v) is 3.61. The Labute approximate surface area is 161 Å². The average molecular weight is 368 g/mol. The van der Waals surface area contributed by atoms with Gasteiger partial charge in [-0.05, 0) is 55.8 Å². The van der Waals surface area contributed by atoms with E-state index in [4.69, 9.17) is 14.2 Å². The van der Waals surface area contributed by atoms with Crippen LogP contribution in [0.5, 0.6) is 17.2 Å². The molecular formula is C22H28N2O3. The third kappa shape index (κ3) is 4.73. The van der Waals surface area contributed by atoms with Crippen molar-refractivity contribution in [1.29, 1.82) is 0 Å². The van der Waals surface area contributed by atoms with E-state index in [1.807, 2.05) is 24.3 Å². The molecule has 2 heterocycles. The standard InChI is InChI=1S/C22H28N2O3/c1-23-11-13-24(14-12-23)10-4-6-19-5-2-3-7-20(19)25-16-18-8-9-21-22(15-18)27-17-26-21/h2-3,5,7-9,15H,4,6,10-14,16-17H2,1H3. The predicted octanol–water partition coefficient (Wildman–Crippen LogP) is 3.17. The Morgan fingerprint density at radius 3 is 2.67 bits per heavy atom. The maximum absolute atomic E-state index is 6.12. The molecule has 0 unspecified atom stereocenters. The van der Waals surface area contributed by atoms with E-state index in [2.05, 4.69) is 35.0 Å². The van der Waals surface area contributed by atoms with Crippen LogP contribution in [0.4, 0.5) is 0 Å². The van der Waals surface area contributed by atoms with Crippen molar-refractivity contribution < 1.29 is 14.2 Å². The zero-order chi connectivity index (χ0) is 18.5. The van der Waals surface area contributed by atoms with Crippen molar-refractivity contribution in [3.8, 4) is 17.2 Å². The zero-order valence-corrected chi connectivity index (χ0v) is 16.0. The van der Waals surface area contributed by atoms with E-state index in [-0.39, 0.29) is 0 Å². The van der Waals surface area contributed by atoms with E-state index in [9.17, 15) is 0 Å². The number of fused-ring (bicyclic) bond motifs is 1. The second-order valence-electron chi connectivity index (χ2n) is 7.33. The molecule has 5 nitrogen and oxygen atoms in total. The number of ether oxygens (including phenoxy) is 3. The van der Waals surface area contributed by atoms with Gasteiger partial charge in [0, 0.05) is 26.2 Å². The van der Waals surface area contributed by atoms with Crippen LogP contribution in [0.15, 0.2) is 42.5 Å². The number of likely N-dealkylation sites (N-methyl/N-ethyl adjacent to an activating group) is 1. The van der Waals surface area contributed by atoms with Crippen LogP contribution in [-0.4, -0.2) is 56.4 Å². The van der Waals surface area contributed by atoms with Crippen LogP contribution in [0.1, 0.15) is 17.5 Å². The van der Waals surface area contributed by atoms with E-state index in [1.165, 1.54) is 31.7 Å². The first-order valence-corrected chi connectivity index (χ1v) is 9.78. The molecule has 2 aliphatic heterocycles. The molecule has 0 spiro atoms. The molecule has 1 saturated heterocycles. The number of hydrogen-bond donors (Lipinski definition) is 0. The zero-order valence-electron chi connectivity index (χ0n) is 16.0. The maximum Gasteiger partial charge on any atom is 0.231 e. The fourth-order valence-electron chi connectivity index (χ4n) is 3.61. The van der Waals surface area contributed by atoms with Gasteiger partial charge in [0.05, 0.1) is 0 Å². The molecule has 144 valence electrons. The van der Waals surface area contributed by atoms with E-state index in [0.29, 0.717) is 13.4 Å². The molecule has 0 amide bonds. The topological polar surface area (TPSA) is 34.2 Å². The normalized spacial score (nSPS) is 17.2. The minimum Gasteiger partial charge on any atom is -0.489 e. The minimum absolute atomic E-state index is 0.301. The second kappa shape index (κ2) is 8.63. The largest absolute Gasteiger partial charge is 0.489 e. The fraction of sp³-hybridized carbons (Fsp3) is 0.455. The van der Waals surface area contributed by atoms with Gasteiger partial charge in [0.15, 0.2) is 11.5 Å². The monoisotopic (exact) mass is 368 g/mol. The molecule has 5 heteroatoms. The smallest absolute Gasteiger partial charge is 0.231 e. The third-order valence-corrected chi connectivity index (χ3v) is 5.32. The van der Waals surface area contributed by atoms with Crippen molar-refractivity contribution in [2.75, 3.05) is 46.6 Å².